The summed E-state index contributed by atoms with van der Waals surface area (Å²) in [4.78, 5) is 6.66. The Balaban J connectivity index is 2.85. The number of nitrogens with one attached hydrogen (secondary N) is 1. The van der Waals surface area contributed by atoms with Crippen molar-refractivity contribution < 1.29 is 4.39 Å². The van der Waals surface area contributed by atoms with E-state index in [-0.39, 0.29) is 5.82 Å². The topological polar surface area (TPSA) is 28.7 Å². The molecule has 2 nitrogen and oxygen atoms in total. The van der Waals surface area contributed by atoms with Crippen LogP contribution in [0.4, 0.5) is 4.39 Å². The number of hydrogen-bond acceptors (Lipinski definition) is 1. The number of nitrogens with zero attached hydrogens (tertiary/aromatic N) is 1. The molecule has 0 atom stereocenters. The van der Waals surface area contributed by atoms with Crippen molar-refractivity contribution in [2.24, 2.45) is 0 Å². The van der Waals surface area contributed by atoms with Crippen molar-refractivity contribution >= 4 is 11.0 Å². The van der Waals surface area contributed by atoms with E-state index >= 15 is 0 Å². The Labute approximate surface area is 68.4 Å². The molecular weight excluding hydrogens is 155 g/mol. The van der Waals surface area contributed by atoms with E-state index in [1.807, 2.05) is 0 Å². The van der Waals surface area contributed by atoms with Crippen molar-refractivity contribution in [3.63, 3.8) is 0 Å². The zero-order valence-electron chi connectivity index (χ0n) is 6.13. The van der Waals surface area contributed by atoms with Crippen LogP contribution in [0.15, 0.2) is 18.2 Å². The lowest BCUT2D eigenvalue weighted by molar-refractivity contribution is 0.637. The summed E-state index contributed by atoms with van der Waals surface area (Å²) in [5, 5.41) is 0. The van der Waals surface area contributed by atoms with Crippen molar-refractivity contribution in [3.8, 4) is 12.3 Å². The van der Waals surface area contributed by atoms with Crippen LogP contribution in [0.3, 0.4) is 0 Å². The summed E-state index contributed by atoms with van der Waals surface area (Å²) in [5.74, 6) is 2.31. The predicted octanol–water partition coefficient (Wildman–Crippen LogP) is 1.68. The Hall–Kier alpha value is -1.82. The molecule has 58 valence electrons. The molecule has 0 bridgehead atoms. The van der Waals surface area contributed by atoms with Gasteiger partial charge in [0.1, 0.15) is 5.52 Å². The Kier molecular flexibility index (Phi) is 1.34. The first kappa shape index (κ1) is 6.86. The molecule has 0 saturated heterocycles. The van der Waals surface area contributed by atoms with Crippen LogP contribution in [0, 0.1) is 18.2 Å². The molecular formula is C9H5FN2. The number of benzene rings is 1. The summed E-state index contributed by atoms with van der Waals surface area (Å²) in [5.41, 5.74) is 0.924. The molecule has 1 heterocycles. The highest BCUT2D eigenvalue weighted by molar-refractivity contribution is 5.76. The second kappa shape index (κ2) is 2.35. The SMILES string of the molecule is C#Cc1nc2c(F)cccc2[nH]1. The summed E-state index contributed by atoms with van der Waals surface area (Å²) in [6.07, 6.45) is 5.10. The van der Waals surface area contributed by atoms with Crippen LogP contribution in [0.2, 0.25) is 0 Å². The molecule has 0 unspecified atom stereocenters. The molecule has 0 saturated carbocycles. The molecule has 0 aliphatic rings. The average molecular weight is 160 g/mol. The van der Waals surface area contributed by atoms with E-state index in [1.165, 1.54) is 6.07 Å². The molecule has 1 aromatic carbocycles. The van der Waals surface area contributed by atoms with Crippen molar-refractivity contribution in [1.82, 2.24) is 9.97 Å². The van der Waals surface area contributed by atoms with Gasteiger partial charge in [-0.1, -0.05) is 6.07 Å². The third kappa shape index (κ3) is 0.857. The van der Waals surface area contributed by atoms with Gasteiger partial charge in [-0.05, 0) is 18.1 Å². The van der Waals surface area contributed by atoms with Crippen molar-refractivity contribution in [2.75, 3.05) is 0 Å². The van der Waals surface area contributed by atoms with Crippen LogP contribution in [-0.2, 0) is 0 Å². The van der Waals surface area contributed by atoms with Gasteiger partial charge >= 0.3 is 0 Å². The molecule has 0 amide bonds. The van der Waals surface area contributed by atoms with Gasteiger partial charge in [0.15, 0.2) is 11.6 Å². The second-order valence-corrected chi connectivity index (χ2v) is 2.37. The van der Waals surface area contributed by atoms with Crippen LogP contribution in [0.1, 0.15) is 5.82 Å². The summed E-state index contributed by atoms with van der Waals surface area (Å²) in [6, 6.07) is 4.69. The lowest BCUT2D eigenvalue weighted by atomic mass is 10.3. The molecule has 0 aliphatic carbocycles. The smallest absolute Gasteiger partial charge is 0.183 e. The third-order valence-corrected chi connectivity index (χ3v) is 1.60. The summed E-state index contributed by atoms with van der Waals surface area (Å²) in [6.45, 7) is 0. The maximum atomic E-state index is 13.0. The number of aromatic nitrogens is 2. The van der Waals surface area contributed by atoms with Crippen LogP contribution in [0.25, 0.3) is 11.0 Å². The van der Waals surface area contributed by atoms with E-state index in [0.717, 1.165) is 0 Å². The fourth-order valence-corrected chi connectivity index (χ4v) is 1.07. The number of fused-ring (bicyclic) bond motifs is 1. The van der Waals surface area contributed by atoms with Gasteiger partial charge in [-0.25, -0.2) is 9.37 Å². The Morgan fingerprint density at radius 2 is 2.33 bits per heavy atom. The highest BCUT2D eigenvalue weighted by atomic mass is 19.1. The number of rotatable bonds is 0. The van der Waals surface area contributed by atoms with Crippen molar-refractivity contribution in [2.45, 2.75) is 0 Å². The zero-order chi connectivity index (χ0) is 8.55. The molecule has 2 aromatic rings. The van der Waals surface area contributed by atoms with E-state index < -0.39 is 0 Å². The maximum Gasteiger partial charge on any atom is 0.183 e. The van der Waals surface area contributed by atoms with E-state index in [2.05, 4.69) is 15.9 Å². The average Bonchev–Trinajstić information content (AvgIpc) is 2.49. The Bertz CT molecular complexity index is 465. The van der Waals surface area contributed by atoms with Crippen LogP contribution in [0.5, 0.6) is 0 Å². The number of para-hydroxylation sites is 1. The van der Waals surface area contributed by atoms with Gasteiger partial charge in [0, 0.05) is 0 Å². The highest BCUT2D eigenvalue weighted by Crippen LogP contribution is 2.13. The molecule has 3 heteroatoms. The minimum Gasteiger partial charge on any atom is -0.331 e. The van der Waals surface area contributed by atoms with Gasteiger partial charge in [-0.15, -0.1) is 6.42 Å². The monoisotopic (exact) mass is 160 g/mol. The molecule has 0 aliphatic heterocycles. The molecule has 2 rings (SSSR count). The Morgan fingerprint density at radius 3 is 3.00 bits per heavy atom. The van der Waals surface area contributed by atoms with Crippen molar-refractivity contribution in [1.29, 1.82) is 0 Å². The molecule has 0 spiro atoms. The minimum atomic E-state index is -0.356. The van der Waals surface area contributed by atoms with Gasteiger partial charge in [0.25, 0.3) is 0 Å². The second-order valence-electron chi connectivity index (χ2n) is 2.37. The first-order valence-corrected chi connectivity index (χ1v) is 3.42. The summed E-state index contributed by atoms with van der Waals surface area (Å²) < 4.78 is 13.0. The Morgan fingerprint density at radius 1 is 1.50 bits per heavy atom. The standard InChI is InChI=1S/C9H5FN2/c1-2-8-11-7-5-3-4-6(10)9(7)12-8/h1,3-5H,(H,11,12). The maximum absolute atomic E-state index is 13.0. The van der Waals surface area contributed by atoms with E-state index in [4.69, 9.17) is 6.42 Å². The first-order valence-electron chi connectivity index (χ1n) is 3.42. The summed E-state index contributed by atoms with van der Waals surface area (Å²) >= 11 is 0. The third-order valence-electron chi connectivity index (χ3n) is 1.60. The number of hydrogen-bond donors (Lipinski definition) is 1. The normalized spacial score (nSPS) is 10.0. The van der Waals surface area contributed by atoms with Gasteiger partial charge < -0.3 is 4.98 Å². The van der Waals surface area contributed by atoms with Crippen LogP contribution >= 0.6 is 0 Å². The van der Waals surface area contributed by atoms with Crippen LogP contribution in [-0.4, -0.2) is 9.97 Å². The molecule has 1 aromatic heterocycles. The number of halogens is 1. The van der Waals surface area contributed by atoms with Gasteiger partial charge in [-0.2, -0.15) is 0 Å². The van der Waals surface area contributed by atoms with Gasteiger partial charge in [0.2, 0.25) is 0 Å². The quantitative estimate of drug-likeness (QED) is 0.583. The molecule has 1 N–H and O–H groups in total. The highest BCUT2D eigenvalue weighted by Gasteiger charge is 2.03. The van der Waals surface area contributed by atoms with E-state index in [0.29, 0.717) is 16.9 Å². The minimum absolute atomic E-state index is 0.297. The lowest BCUT2D eigenvalue weighted by Gasteiger charge is -1.86. The lowest BCUT2D eigenvalue weighted by Crippen LogP contribution is -1.75. The molecule has 12 heavy (non-hydrogen) atoms. The van der Waals surface area contributed by atoms with Crippen LogP contribution < -0.4 is 0 Å². The van der Waals surface area contributed by atoms with Gasteiger partial charge in [-0.3, -0.25) is 0 Å². The van der Waals surface area contributed by atoms with E-state index in [9.17, 15) is 4.39 Å². The fraction of sp³-hybridized carbons (Fsp3) is 0. The van der Waals surface area contributed by atoms with E-state index in [1.54, 1.807) is 12.1 Å². The zero-order valence-corrected chi connectivity index (χ0v) is 6.13. The van der Waals surface area contributed by atoms with Gasteiger partial charge in [0.05, 0.1) is 5.52 Å². The van der Waals surface area contributed by atoms with Crippen molar-refractivity contribution in [3.05, 3.63) is 29.8 Å². The number of H-pyrrole nitrogens is 1. The fourth-order valence-electron chi connectivity index (χ4n) is 1.07. The predicted molar refractivity (Wildman–Crippen MR) is 44.0 cm³/mol. The number of aromatic amines is 1. The molecule has 0 radical (unpaired) electrons. The largest absolute Gasteiger partial charge is 0.331 e. The first-order chi connectivity index (χ1) is 5.81. The summed E-state index contributed by atoms with van der Waals surface area (Å²) in [7, 11) is 0. The molecule has 0 fully saturated rings. The number of imidazole rings is 1. The number of terminal acetylenes is 1.